The third kappa shape index (κ3) is 4.06. The molecule has 4 rings (SSSR count). The minimum atomic E-state index is -1.01. The van der Waals surface area contributed by atoms with Gasteiger partial charge in [-0.05, 0) is 50.2 Å². The summed E-state index contributed by atoms with van der Waals surface area (Å²) in [4.78, 5) is 15.2. The van der Waals surface area contributed by atoms with E-state index in [1.165, 1.54) is 16.9 Å². The van der Waals surface area contributed by atoms with Crippen LogP contribution in [0.3, 0.4) is 0 Å². The van der Waals surface area contributed by atoms with E-state index in [9.17, 15) is 9.90 Å². The van der Waals surface area contributed by atoms with Crippen LogP contribution in [-0.4, -0.2) is 40.0 Å². The first-order chi connectivity index (χ1) is 13.5. The van der Waals surface area contributed by atoms with Gasteiger partial charge in [0.2, 0.25) is 0 Å². The second-order valence-corrected chi connectivity index (χ2v) is 8.59. The molecule has 2 N–H and O–H groups in total. The number of hydrogen-bond donors (Lipinski definition) is 2. The largest absolute Gasteiger partial charge is 0.494 e. The molecule has 1 saturated carbocycles. The van der Waals surface area contributed by atoms with Gasteiger partial charge >= 0.3 is 5.97 Å². The third-order valence-corrected chi connectivity index (χ3v) is 6.79. The second kappa shape index (κ2) is 8.19. The Hall–Kier alpha value is -1.96. The number of benzene rings is 1. The van der Waals surface area contributed by atoms with Crippen LogP contribution in [0, 0.1) is 18.8 Å². The second-order valence-electron chi connectivity index (χ2n) is 7.70. The Morgan fingerprint density at radius 3 is 2.82 bits per heavy atom. The SMILES string of the molecule is Cc1ccc(OCC[C@@H]2[C@H]3CC[C@H](c4nc(C(=O)O)cs4)O[C@H]3C[C@H]2O)cc1. The molecule has 2 fully saturated rings. The summed E-state index contributed by atoms with van der Waals surface area (Å²) < 4.78 is 12.1. The summed E-state index contributed by atoms with van der Waals surface area (Å²) in [5, 5.41) is 21.9. The van der Waals surface area contributed by atoms with E-state index in [1.54, 1.807) is 5.38 Å². The summed E-state index contributed by atoms with van der Waals surface area (Å²) in [5.74, 6) is 0.322. The summed E-state index contributed by atoms with van der Waals surface area (Å²) in [6.45, 7) is 2.62. The van der Waals surface area contributed by atoms with Gasteiger partial charge in [0.1, 0.15) is 16.9 Å². The molecular formula is C21H25NO5S. The summed E-state index contributed by atoms with van der Waals surface area (Å²) in [6.07, 6.45) is 2.60. The molecule has 2 heterocycles. The predicted molar refractivity (Wildman–Crippen MR) is 105 cm³/mol. The number of thiazole rings is 1. The van der Waals surface area contributed by atoms with Crippen LogP contribution in [0.5, 0.6) is 5.75 Å². The van der Waals surface area contributed by atoms with E-state index in [1.807, 2.05) is 31.2 Å². The molecule has 2 aliphatic rings. The van der Waals surface area contributed by atoms with E-state index in [4.69, 9.17) is 14.6 Å². The highest BCUT2D eigenvalue weighted by Gasteiger charge is 2.46. The van der Waals surface area contributed by atoms with Gasteiger partial charge < -0.3 is 19.7 Å². The highest BCUT2D eigenvalue weighted by molar-refractivity contribution is 7.09. The number of carboxylic acid groups (broad SMARTS) is 1. The molecule has 1 saturated heterocycles. The first-order valence-corrected chi connectivity index (χ1v) is 10.6. The standard InChI is InChI=1S/C21H25NO5S/c1-12-2-4-13(5-3-12)26-9-8-14-15-6-7-18(27-19(15)10-17(14)23)20-22-16(11-28-20)21(24)25/h2-5,11,14-15,17-19,23H,6-10H2,1H3,(H,24,25)/t14-,15-,17-,18-,19+/m1/s1. The molecule has 1 aromatic carbocycles. The number of aliphatic hydroxyl groups is 1. The monoisotopic (exact) mass is 403 g/mol. The molecule has 5 atom stereocenters. The molecule has 1 aromatic heterocycles. The van der Waals surface area contributed by atoms with Crippen molar-refractivity contribution in [3.8, 4) is 5.75 Å². The molecule has 0 bridgehead atoms. The molecule has 6 nitrogen and oxygen atoms in total. The lowest BCUT2D eigenvalue weighted by Crippen LogP contribution is -2.31. The maximum atomic E-state index is 11.0. The van der Waals surface area contributed by atoms with Crippen molar-refractivity contribution in [3.05, 3.63) is 45.9 Å². The molecule has 2 aromatic rings. The lowest BCUT2D eigenvalue weighted by atomic mass is 9.85. The van der Waals surface area contributed by atoms with E-state index in [0.717, 1.165) is 30.0 Å². The molecule has 1 aliphatic heterocycles. The quantitative estimate of drug-likeness (QED) is 0.762. The Morgan fingerprint density at radius 2 is 2.11 bits per heavy atom. The average Bonchev–Trinajstić information content (AvgIpc) is 3.28. The van der Waals surface area contributed by atoms with Crippen molar-refractivity contribution in [1.29, 1.82) is 0 Å². The van der Waals surface area contributed by atoms with Crippen LogP contribution < -0.4 is 4.74 Å². The fourth-order valence-corrected chi connectivity index (χ4v) is 5.26. The van der Waals surface area contributed by atoms with Gasteiger partial charge in [0, 0.05) is 11.8 Å². The Labute approximate surface area is 168 Å². The molecule has 7 heteroatoms. The number of aliphatic hydroxyl groups excluding tert-OH is 1. The van der Waals surface area contributed by atoms with E-state index in [0.29, 0.717) is 18.9 Å². The topological polar surface area (TPSA) is 88.9 Å². The number of aryl methyl sites for hydroxylation is 1. The minimum Gasteiger partial charge on any atom is -0.494 e. The molecular weight excluding hydrogens is 378 g/mol. The number of nitrogens with zero attached hydrogens (tertiary/aromatic N) is 1. The van der Waals surface area contributed by atoms with Crippen LogP contribution in [-0.2, 0) is 4.74 Å². The van der Waals surface area contributed by atoms with E-state index < -0.39 is 5.97 Å². The van der Waals surface area contributed by atoms with E-state index in [2.05, 4.69) is 4.98 Å². The Morgan fingerprint density at radius 1 is 1.32 bits per heavy atom. The van der Waals surface area contributed by atoms with Crippen molar-refractivity contribution in [2.45, 2.75) is 50.9 Å². The van der Waals surface area contributed by atoms with Crippen molar-refractivity contribution in [3.63, 3.8) is 0 Å². The summed E-state index contributed by atoms with van der Waals surface area (Å²) in [7, 11) is 0. The molecule has 28 heavy (non-hydrogen) atoms. The molecule has 0 radical (unpaired) electrons. The molecule has 150 valence electrons. The van der Waals surface area contributed by atoms with E-state index in [-0.39, 0.29) is 29.9 Å². The number of aromatic nitrogens is 1. The van der Waals surface area contributed by atoms with Crippen molar-refractivity contribution >= 4 is 17.3 Å². The van der Waals surface area contributed by atoms with Crippen LogP contribution in [0.25, 0.3) is 0 Å². The number of carbonyl (C=O) groups is 1. The fraction of sp³-hybridized carbons (Fsp3) is 0.524. The normalized spacial score (nSPS) is 29.4. The highest BCUT2D eigenvalue weighted by Crippen LogP contribution is 2.47. The Kier molecular flexibility index (Phi) is 5.66. The number of ether oxygens (including phenoxy) is 2. The van der Waals surface area contributed by atoms with Crippen molar-refractivity contribution in [2.75, 3.05) is 6.61 Å². The Bertz CT molecular complexity index is 820. The highest BCUT2D eigenvalue weighted by atomic mass is 32.1. The first kappa shape index (κ1) is 19.4. The van der Waals surface area contributed by atoms with Crippen LogP contribution in [0.15, 0.2) is 29.6 Å². The van der Waals surface area contributed by atoms with Crippen LogP contribution in [0.2, 0.25) is 0 Å². The minimum absolute atomic E-state index is 0.00435. The summed E-state index contributed by atoms with van der Waals surface area (Å²) >= 11 is 1.33. The summed E-state index contributed by atoms with van der Waals surface area (Å²) in [5.41, 5.74) is 1.27. The van der Waals surface area contributed by atoms with Crippen LogP contribution >= 0.6 is 11.3 Å². The maximum absolute atomic E-state index is 11.0. The third-order valence-electron chi connectivity index (χ3n) is 5.85. The van der Waals surface area contributed by atoms with Gasteiger partial charge in [-0.1, -0.05) is 17.7 Å². The predicted octanol–water partition coefficient (Wildman–Crippen LogP) is 3.84. The number of aromatic carboxylic acids is 1. The zero-order valence-corrected chi connectivity index (χ0v) is 16.6. The van der Waals surface area contributed by atoms with Crippen LogP contribution in [0.1, 0.15) is 52.8 Å². The molecule has 0 amide bonds. The number of fused-ring (bicyclic) bond motifs is 1. The van der Waals surface area contributed by atoms with Gasteiger partial charge in [-0.3, -0.25) is 0 Å². The lowest BCUT2D eigenvalue weighted by Gasteiger charge is -2.34. The zero-order chi connectivity index (χ0) is 19.7. The van der Waals surface area contributed by atoms with Gasteiger partial charge in [0.15, 0.2) is 5.69 Å². The number of hydrogen-bond acceptors (Lipinski definition) is 6. The van der Waals surface area contributed by atoms with Gasteiger partial charge in [-0.15, -0.1) is 11.3 Å². The lowest BCUT2D eigenvalue weighted by molar-refractivity contribution is -0.0798. The first-order valence-electron chi connectivity index (χ1n) is 9.73. The maximum Gasteiger partial charge on any atom is 0.355 e. The van der Waals surface area contributed by atoms with Gasteiger partial charge in [0.25, 0.3) is 0 Å². The molecule has 0 spiro atoms. The van der Waals surface area contributed by atoms with E-state index >= 15 is 0 Å². The Balaban J connectivity index is 1.33. The number of rotatable bonds is 6. The smallest absolute Gasteiger partial charge is 0.355 e. The molecule has 0 unspecified atom stereocenters. The average molecular weight is 404 g/mol. The number of carboxylic acids is 1. The van der Waals surface area contributed by atoms with Crippen molar-refractivity contribution in [1.82, 2.24) is 4.98 Å². The van der Waals surface area contributed by atoms with Crippen LogP contribution in [0.4, 0.5) is 0 Å². The summed E-state index contributed by atoms with van der Waals surface area (Å²) in [6, 6.07) is 7.99. The van der Waals surface area contributed by atoms with Crippen molar-refractivity contribution < 1.29 is 24.5 Å². The van der Waals surface area contributed by atoms with Gasteiger partial charge in [-0.25, -0.2) is 9.78 Å². The van der Waals surface area contributed by atoms with Crippen molar-refractivity contribution in [2.24, 2.45) is 11.8 Å². The zero-order valence-electron chi connectivity index (χ0n) is 15.8. The molecule has 1 aliphatic carbocycles. The van der Waals surface area contributed by atoms with Gasteiger partial charge in [-0.2, -0.15) is 0 Å². The van der Waals surface area contributed by atoms with Gasteiger partial charge in [0.05, 0.1) is 18.8 Å². The fourth-order valence-electron chi connectivity index (χ4n) is 4.40.